The van der Waals surface area contributed by atoms with E-state index in [-0.39, 0.29) is 48.8 Å². The Labute approximate surface area is 286 Å². The quantitative estimate of drug-likeness (QED) is 0.192. The summed E-state index contributed by atoms with van der Waals surface area (Å²) in [6.07, 6.45) is -6.80. The molecule has 4 aliphatic heterocycles. The number of aliphatic hydroxyl groups is 2. The normalized spacial score (nSPS) is 32.1. The fraction of sp³-hybridized carbons (Fsp3) is 0.457. The van der Waals surface area contributed by atoms with Gasteiger partial charge in [0.25, 0.3) is 0 Å². The molecule has 1 aliphatic carbocycles. The number of rotatable bonds is 5. The van der Waals surface area contributed by atoms with Crippen molar-refractivity contribution >= 4 is 5.97 Å². The number of benzene rings is 3. The fourth-order valence-electron chi connectivity index (χ4n) is 7.20. The topological polar surface area (TPSA) is 201 Å². The maximum absolute atomic E-state index is 13.4. The molecule has 0 radical (unpaired) electrons. The van der Waals surface area contributed by atoms with E-state index in [2.05, 4.69) is 0 Å². The van der Waals surface area contributed by atoms with E-state index in [1.165, 1.54) is 26.4 Å². The molecule has 3 fully saturated rings. The molecule has 3 saturated heterocycles. The highest BCUT2D eigenvalue weighted by Gasteiger charge is 2.56. The Balaban J connectivity index is 0.000000433. The molecule has 0 amide bonds. The molecule has 50 heavy (non-hydrogen) atoms. The summed E-state index contributed by atoms with van der Waals surface area (Å²) >= 11 is 0. The summed E-state index contributed by atoms with van der Waals surface area (Å²) in [6.45, 7) is 1.93. The number of carbonyl (C=O) groups is 1. The zero-order valence-electron chi connectivity index (χ0n) is 27.3. The van der Waals surface area contributed by atoms with Gasteiger partial charge in [-0.25, -0.2) is 0 Å². The predicted molar refractivity (Wildman–Crippen MR) is 168 cm³/mol. The average Bonchev–Trinajstić information content (AvgIpc) is 3.74. The first-order valence-electron chi connectivity index (χ1n) is 16.1. The van der Waals surface area contributed by atoms with Gasteiger partial charge in [0, 0.05) is 11.8 Å². The van der Waals surface area contributed by atoms with Crippen LogP contribution in [0.2, 0.25) is 0 Å². The number of ether oxygens (including phenoxy) is 9. The van der Waals surface area contributed by atoms with Gasteiger partial charge in [-0.2, -0.15) is 0 Å². The number of hydrogen-bond acceptors (Lipinski definition) is 15. The number of fused-ring (bicyclic) bond motifs is 4. The first kappa shape index (κ1) is 34.0. The van der Waals surface area contributed by atoms with Gasteiger partial charge in [0.15, 0.2) is 47.1 Å². The van der Waals surface area contributed by atoms with Crippen LogP contribution < -0.4 is 18.9 Å². The molecule has 15 nitrogen and oxygen atoms in total. The van der Waals surface area contributed by atoms with E-state index in [1.807, 2.05) is 0 Å². The van der Waals surface area contributed by atoms with Crippen LogP contribution >= 0.6 is 0 Å². The van der Waals surface area contributed by atoms with Crippen LogP contribution in [0.3, 0.4) is 0 Å². The number of methoxy groups -OCH3 is 2. The summed E-state index contributed by atoms with van der Waals surface area (Å²) in [5.74, 6) is -1.18. The second-order valence-electron chi connectivity index (χ2n) is 12.5. The van der Waals surface area contributed by atoms with Gasteiger partial charge in [-0.1, -0.05) is 12.1 Å². The number of hydrogen-bond donors (Lipinski definition) is 5. The molecule has 10 atom stereocenters. The van der Waals surface area contributed by atoms with Crippen molar-refractivity contribution in [2.75, 3.05) is 34.2 Å². The van der Waals surface area contributed by atoms with E-state index in [1.54, 1.807) is 43.3 Å². The van der Waals surface area contributed by atoms with Gasteiger partial charge in [0.05, 0.1) is 39.5 Å². The minimum Gasteiger partial charge on any atom is -0.504 e. The maximum Gasteiger partial charge on any atom is 0.310 e. The monoisotopic (exact) mass is 698 g/mol. The van der Waals surface area contributed by atoms with E-state index in [9.17, 15) is 20.1 Å². The van der Waals surface area contributed by atoms with Crippen LogP contribution in [0, 0.1) is 11.8 Å². The summed E-state index contributed by atoms with van der Waals surface area (Å²) in [4.78, 5) is 13.4. The standard InChI is InChI=1S/C29H32O13.C6H6O2/c1-11-36-9-20-27(40-11)24(31)25(32)29(41-20)42-26-14-7-17-16(38-10-39-17)6-13(14)21(22-15(26)8-37-28(22)33)12-4-18(34-2)23(30)19(5-12)35-3;7-5-3-1-2-4-6(5)8/h4-7,11,15,20-22,24-27,29-32H,8-10H2,1-3H3;1-4,7-8H/t11-,15?,20-,21-,22+,24-,25-,26?,27-,29+;/m1./s1. The highest BCUT2D eigenvalue weighted by molar-refractivity contribution is 5.79. The number of carbonyl (C=O) groups excluding carboxylic acids is 1. The fourth-order valence-corrected chi connectivity index (χ4v) is 7.20. The lowest BCUT2D eigenvalue weighted by Crippen LogP contribution is -2.63. The smallest absolute Gasteiger partial charge is 0.310 e. The third-order valence-electron chi connectivity index (χ3n) is 9.63. The van der Waals surface area contributed by atoms with E-state index in [4.69, 9.17) is 52.8 Å². The molecule has 3 aromatic rings. The molecule has 5 N–H and O–H groups in total. The van der Waals surface area contributed by atoms with Crippen molar-refractivity contribution in [3.63, 3.8) is 0 Å². The first-order chi connectivity index (χ1) is 24.1. The molecule has 5 aliphatic rings. The molecular formula is C35H38O15. The van der Waals surface area contributed by atoms with Crippen LogP contribution in [0.5, 0.6) is 40.2 Å². The molecule has 0 spiro atoms. The van der Waals surface area contributed by atoms with Crippen LogP contribution in [0.15, 0.2) is 48.5 Å². The summed E-state index contributed by atoms with van der Waals surface area (Å²) in [6, 6.07) is 13.1. The molecule has 268 valence electrons. The van der Waals surface area contributed by atoms with E-state index in [0.29, 0.717) is 28.2 Å². The summed E-state index contributed by atoms with van der Waals surface area (Å²) < 4.78 is 51.5. The molecule has 4 heterocycles. The second-order valence-corrected chi connectivity index (χ2v) is 12.5. The SMILES string of the molecule is COc1cc([C@@H]2c3cc4c(cc3C(O[C@@H]3O[C@@H]5CO[C@@H](C)O[C@H]5[C@H](O)[C@H]3O)C3COC(=O)[C@@H]32)OCO4)cc(OC)c1O.Oc1ccccc1O. The Morgan fingerprint density at radius 3 is 2.06 bits per heavy atom. The van der Waals surface area contributed by atoms with Crippen LogP contribution in [0.25, 0.3) is 0 Å². The summed E-state index contributed by atoms with van der Waals surface area (Å²) in [5.41, 5.74) is 2.01. The minimum atomic E-state index is -1.44. The van der Waals surface area contributed by atoms with Crippen molar-refractivity contribution < 1.29 is 73.0 Å². The highest BCUT2D eigenvalue weighted by Crippen LogP contribution is 2.57. The second kappa shape index (κ2) is 13.7. The Hall–Kier alpha value is -4.51. The Bertz CT molecular complexity index is 1680. The zero-order chi connectivity index (χ0) is 35.3. The number of para-hydroxylation sites is 2. The van der Waals surface area contributed by atoms with Gasteiger partial charge in [-0.15, -0.1) is 0 Å². The van der Waals surface area contributed by atoms with Gasteiger partial charge in [-0.3, -0.25) is 4.79 Å². The van der Waals surface area contributed by atoms with E-state index >= 15 is 0 Å². The lowest BCUT2D eigenvalue weighted by atomic mass is 9.66. The lowest BCUT2D eigenvalue weighted by molar-refractivity contribution is -0.364. The Morgan fingerprint density at radius 2 is 1.44 bits per heavy atom. The van der Waals surface area contributed by atoms with Crippen molar-refractivity contribution in [1.29, 1.82) is 0 Å². The van der Waals surface area contributed by atoms with Gasteiger partial charge in [0.1, 0.15) is 24.4 Å². The minimum absolute atomic E-state index is 0.0301. The number of phenols is 3. The number of aromatic hydroxyl groups is 3. The van der Waals surface area contributed by atoms with Crippen molar-refractivity contribution in [3.05, 3.63) is 65.2 Å². The van der Waals surface area contributed by atoms with Crippen LogP contribution in [0.1, 0.15) is 35.6 Å². The molecular weight excluding hydrogens is 660 g/mol. The molecule has 0 bridgehead atoms. The molecule has 0 aromatic heterocycles. The van der Waals surface area contributed by atoms with E-state index in [0.717, 1.165) is 0 Å². The molecule has 2 unspecified atom stereocenters. The van der Waals surface area contributed by atoms with Gasteiger partial charge < -0.3 is 68.2 Å². The van der Waals surface area contributed by atoms with Gasteiger partial charge >= 0.3 is 5.97 Å². The number of phenolic OH excluding ortho intramolecular Hbond substituents is 3. The number of cyclic esters (lactones) is 1. The van der Waals surface area contributed by atoms with Crippen molar-refractivity contribution in [3.8, 4) is 40.2 Å². The molecule has 8 rings (SSSR count). The van der Waals surface area contributed by atoms with Crippen LogP contribution in [-0.4, -0.2) is 103 Å². The van der Waals surface area contributed by atoms with Crippen molar-refractivity contribution in [1.82, 2.24) is 0 Å². The maximum atomic E-state index is 13.4. The first-order valence-corrected chi connectivity index (χ1v) is 16.1. The van der Waals surface area contributed by atoms with Crippen LogP contribution in [-0.2, 0) is 28.5 Å². The lowest BCUT2D eigenvalue weighted by Gasteiger charge is -2.47. The van der Waals surface area contributed by atoms with Crippen molar-refractivity contribution in [2.45, 2.75) is 55.9 Å². The summed E-state index contributed by atoms with van der Waals surface area (Å²) in [5, 5.41) is 49.9. The Morgan fingerprint density at radius 1 is 0.800 bits per heavy atom. The zero-order valence-corrected chi connectivity index (χ0v) is 27.3. The van der Waals surface area contributed by atoms with Crippen molar-refractivity contribution in [2.24, 2.45) is 11.8 Å². The highest BCUT2D eigenvalue weighted by atomic mass is 16.8. The number of aliphatic hydroxyl groups excluding tert-OH is 2. The largest absolute Gasteiger partial charge is 0.504 e. The van der Waals surface area contributed by atoms with Gasteiger partial charge in [-0.05, 0) is 60.0 Å². The van der Waals surface area contributed by atoms with E-state index < -0.39 is 66.8 Å². The summed E-state index contributed by atoms with van der Waals surface area (Å²) in [7, 11) is 2.86. The predicted octanol–water partition coefficient (Wildman–Crippen LogP) is 2.44. The third kappa shape index (κ3) is 5.99. The molecule has 0 saturated carbocycles. The molecule has 15 heteroatoms. The number of esters is 1. The molecule has 3 aromatic carbocycles. The Kier molecular flexibility index (Phi) is 9.28. The van der Waals surface area contributed by atoms with Crippen LogP contribution in [0.4, 0.5) is 0 Å². The van der Waals surface area contributed by atoms with Gasteiger partial charge in [0.2, 0.25) is 12.5 Å². The third-order valence-corrected chi connectivity index (χ3v) is 9.63. The average molecular weight is 699 g/mol.